The predicted molar refractivity (Wildman–Crippen MR) is 146 cm³/mol. The first-order chi connectivity index (χ1) is 18.5. The molecule has 3 amide bonds. The molecular formula is C29H34BrN3O5. The Hall–Kier alpha value is -2.75. The van der Waals surface area contributed by atoms with Crippen LogP contribution in [0.5, 0.6) is 0 Å². The van der Waals surface area contributed by atoms with Gasteiger partial charge in [0.15, 0.2) is 0 Å². The number of hydrogen-bond donors (Lipinski definition) is 3. The molecule has 3 N–H and O–H groups in total. The number of alkyl halides is 1. The summed E-state index contributed by atoms with van der Waals surface area (Å²) in [5.74, 6) is -2.15. The number of nitrogens with one attached hydrogen (secondary N) is 2. The third-order valence-corrected chi connectivity index (χ3v) is 8.84. The number of ether oxygens (including phenoxy) is 1. The van der Waals surface area contributed by atoms with Crippen molar-refractivity contribution in [2.45, 2.75) is 61.2 Å². The smallest absolute Gasteiger partial charge is 0.246 e. The summed E-state index contributed by atoms with van der Waals surface area (Å²) in [6, 6.07) is 18.0. The summed E-state index contributed by atoms with van der Waals surface area (Å²) < 4.78 is 6.53. The van der Waals surface area contributed by atoms with Crippen LogP contribution >= 0.6 is 15.9 Å². The van der Waals surface area contributed by atoms with Gasteiger partial charge in [-0.25, -0.2) is 0 Å². The second-order valence-corrected chi connectivity index (χ2v) is 11.6. The Labute approximate surface area is 231 Å². The molecule has 3 heterocycles. The number of anilines is 1. The molecule has 8 nitrogen and oxygen atoms in total. The van der Waals surface area contributed by atoms with Gasteiger partial charge in [-0.05, 0) is 37.0 Å². The number of likely N-dealkylation sites (tertiary alicyclic amines) is 1. The van der Waals surface area contributed by atoms with E-state index in [-0.39, 0.29) is 29.2 Å². The molecular weight excluding hydrogens is 550 g/mol. The number of carbonyl (C=O) groups excluding carboxylic acids is 3. The van der Waals surface area contributed by atoms with Crippen LogP contribution in [-0.2, 0) is 25.7 Å². The second kappa shape index (κ2) is 11.6. The zero-order chi connectivity index (χ0) is 26.7. The molecule has 2 aromatic rings. The number of benzene rings is 2. The number of amides is 3. The highest BCUT2D eigenvalue weighted by Gasteiger charge is 2.76. The minimum atomic E-state index is -1.07. The predicted octanol–water partition coefficient (Wildman–Crippen LogP) is 3.24. The summed E-state index contributed by atoms with van der Waals surface area (Å²) in [6.45, 7) is 0.882. The highest BCUT2D eigenvalue weighted by molar-refractivity contribution is 9.09. The van der Waals surface area contributed by atoms with Crippen LogP contribution in [0, 0.1) is 11.8 Å². The third kappa shape index (κ3) is 4.99. The SMILES string of the molecule is O=C(NCc1ccccc1)C1N(CCCCCCO)C(=O)[C@@H]2[C@H](C(=O)Nc3ccccc3)[C@H]3OC12CC3Br. The number of carbonyl (C=O) groups is 3. The number of hydrogen-bond acceptors (Lipinski definition) is 5. The molecule has 3 aliphatic heterocycles. The molecule has 9 heteroatoms. The monoisotopic (exact) mass is 583 g/mol. The number of fused-ring (bicyclic) bond motifs is 1. The van der Waals surface area contributed by atoms with Crippen LogP contribution in [0.4, 0.5) is 5.69 Å². The Bertz CT molecular complexity index is 1150. The number of aliphatic hydroxyl groups excluding tert-OH is 1. The van der Waals surface area contributed by atoms with Crippen molar-refractivity contribution in [1.29, 1.82) is 0 Å². The molecule has 2 bridgehead atoms. The quantitative estimate of drug-likeness (QED) is 0.278. The average molecular weight is 585 g/mol. The van der Waals surface area contributed by atoms with Gasteiger partial charge in [0.25, 0.3) is 0 Å². The lowest BCUT2D eigenvalue weighted by molar-refractivity contribution is -0.141. The van der Waals surface area contributed by atoms with E-state index in [0.29, 0.717) is 38.0 Å². The van der Waals surface area contributed by atoms with Crippen molar-refractivity contribution in [2.75, 3.05) is 18.5 Å². The van der Waals surface area contributed by atoms with Crippen molar-refractivity contribution < 1.29 is 24.2 Å². The topological polar surface area (TPSA) is 108 Å². The Morgan fingerprint density at radius 2 is 1.68 bits per heavy atom. The molecule has 2 aromatic carbocycles. The molecule has 0 saturated carbocycles. The Balaban J connectivity index is 1.41. The summed E-state index contributed by atoms with van der Waals surface area (Å²) in [5, 5.41) is 15.1. The summed E-state index contributed by atoms with van der Waals surface area (Å²) in [6.07, 6.45) is 3.08. The Morgan fingerprint density at radius 3 is 2.39 bits per heavy atom. The zero-order valence-electron chi connectivity index (χ0n) is 21.2. The van der Waals surface area contributed by atoms with Crippen LogP contribution in [-0.4, -0.2) is 63.5 Å². The van der Waals surface area contributed by atoms with Gasteiger partial charge in [0.1, 0.15) is 11.6 Å². The highest BCUT2D eigenvalue weighted by atomic mass is 79.9. The molecule has 202 valence electrons. The summed E-state index contributed by atoms with van der Waals surface area (Å²) in [4.78, 5) is 42.8. The fraction of sp³-hybridized carbons (Fsp3) is 0.483. The van der Waals surface area contributed by atoms with Gasteiger partial charge in [-0.3, -0.25) is 14.4 Å². The summed E-state index contributed by atoms with van der Waals surface area (Å²) >= 11 is 3.70. The second-order valence-electron chi connectivity index (χ2n) is 10.4. The molecule has 0 aromatic heterocycles. The summed E-state index contributed by atoms with van der Waals surface area (Å²) in [5.41, 5.74) is 0.550. The van der Waals surface area contributed by atoms with Crippen LogP contribution in [0.1, 0.15) is 37.7 Å². The molecule has 1 spiro atoms. The van der Waals surface area contributed by atoms with Gasteiger partial charge in [-0.1, -0.05) is 77.3 Å². The van der Waals surface area contributed by atoms with Crippen molar-refractivity contribution >= 4 is 39.3 Å². The van der Waals surface area contributed by atoms with Crippen LogP contribution in [0.3, 0.4) is 0 Å². The van der Waals surface area contributed by atoms with Crippen molar-refractivity contribution in [3.63, 3.8) is 0 Å². The molecule has 38 heavy (non-hydrogen) atoms. The molecule has 3 aliphatic rings. The van der Waals surface area contributed by atoms with Crippen molar-refractivity contribution in [3.05, 3.63) is 66.2 Å². The molecule has 3 saturated heterocycles. The zero-order valence-corrected chi connectivity index (χ0v) is 22.8. The van der Waals surface area contributed by atoms with Crippen LogP contribution < -0.4 is 10.6 Å². The number of rotatable bonds is 11. The van der Waals surface area contributed by atoms with E-state index in [2.05, 4.69) is 26.6 Å². The largest absolute Gasteiger partial charge is 0.396 e. The third-order valence-electron chi connectivity index (χ3n) is 8.00. The average Bonchev–Trinajstić information content (AvgIpc) is 3.52. The lowest BCUT2D eigenvalue weighted by atomic mass is 9.70. The number of aliphatic hydroxyl groups is 1. The van der Waals surface area contributed by atoms with E-state index < -0.39 is 29.6 Å². The van der Waals surface area contributed by atoms with Gasteiger partial charge in [0.05, 0.1) is 17.9 Å². The fourth-order valence-electron chi connectivity index (χ4n) is 6.35. The van der Waals surface area contributed by atoms with Gasteiger partial charge in [-0.2, -0.15) is 0 Å². The van der Waals surface area contributed by atoms with E-state index in [1.54, 1.807) is 4.90 Å². The van der Waals surface area contributed by atoms with E-state index in [9.17, 15) is 14.4 Å². The molecule has 0 radical (unpaired) electrons. The first-order valence-electron chi connectivity index (χ1n) is 13.4. The van der Waals surface area contributed by atoms with Gasteiger partial charge in [0.2, 0.25) is 17.7 Å². The number of nitrogens with zero attached hydrogens (tertiary/aromatic N) is 1. The van der Waals surface area contributed by atoms with Crippen molar-refractivity contribution in [3.8, 4) is 0 Å². The maximum atomic E-state index is 14.0. The molecule has 3 unspecified atom stereocenters. The minimum Gasteiger partial charge on any atom is -0.396 e. The van der Waals surface area contributed by atoms with E-state index in [1.165, 1.54) is 0 Å². The number of para-hydroxylation sites is 1. The lowest BCUT2D eigenvalue weighted by Gasteiger charge is -2.34. The van der Waals surface area contributed by atoms with Crippen molar-refractivity contribution in [2.24, 2.45) is 11.8 Å². The summed E-state index contributed by atoms with van der Waals surface area (Å²) in [7, 11) is 0. The van der Waals surface area contributed by atoms with E-state index in [0.717, 1.165) is 18.4 Å². The normalized spacial score (nSPS) is 29.4. The Kier molecular flexibility index (Phi) is 8.16. The van der Waals surface area contributed by atoms with E-state index >= 15 is 0 Å². The highest BCUT2D eigenvalue weighted by Crippen LogP contribution is 2.60. The van der Waals surface area contributed by atoms with Gasteiger partial charge >= 0.3 is 0 Å². The minimum absolute atomic E-state index is 0.137. The standard InChI is InChI=1S/C29H34BrN3O5/c30-21-17-29-23(22(24(21)38-29)26(35)32-20-13-7-4-8-14-20)28(37)33(15-9-1-2-10-16-34)25(29)27(36)31-18-19-11-5-3-6-12-19/h3-8,11-14,21-25,34H,1-2,9-10,15-18H2,(H,31,36)(H,32,35)/t21?,22-,23-,24-,25?,29?/m0/s1. The molecule has 6 atom stereocenters. The van der Waals surface area contributed by atoms with Crippen LogP contribution in [0.25, 0.3) is 0 Å². The first kappa shape index (κ1) is 26.8. The van der Waals surface area contributed by atoms with Crippen LogP contribution in [0.15, 0.2) is 60.7 Å². The Morgan fingerprint density at radius 1 is 1.00 bits per heavy atom. The maximum absolute atomic E-state index is 14.0. The van der Waals surface area contributed by atoms with Gasteiger partial charge < -0.3 is 25.4 Å². The molecule has 3 fully saturated rings. The van der Waals surface area contributed by atoms with Gasteiger partial charge in [0, 0.05) is 30.2 Å². The van der Waals surface area contributed by atoms with Gasteiger partial charge in [-0.15, -0.1) is 0 Å². The first-order valence-corrected chi connectivity index (χ1v) is 14.3. The van der Waals surface area contributed by atoms with Crippen LogP contribution in [0.2, 0.25) is 0 Å². The molecule has 5 rings (SSSR count). The number of halogens is 1. The van der Waals surface area contributed by atoms with E-state index in [4.69, 9.17) is 9.84 Å². The molecule has 0 aliphatic carbocycles. The van der Waals surface area contributed by atoms with Crippen molar-refractivity contribution in [1.82, 2.24) is 10.2 Å². The lowest BCUT2D eigenvalue weighted by Crippen LogP contribution is -2.55. The number of unbranched alkanes of at least 4 members (excludes halogenated alkanes) is 3. The van der Waals surface area contributed by atoms with E-state index in [1.807, 2.05) is 60.7 Å². The fourth-order valence-corrected chi connectivity index (χ4v) is 7.29. The maximum Gasteiger partial charge on any atom is 0.246 e.